The monoisotopic (exact) mass is 261 g/mol. The van der Waals surface area contributed by atoms with Crippen molar-refractivity contribution in [3.8, 4) is 5.82 Å². The van der Waals surface area contributed by atoms with Gasteiger partial charge in [-0.3, -0.25) is 4.79 Å². The van der Waals surface area contributed by atoms with Crippen molar-refractivity contribution in [3.63, 3.8) is 0 Å². The maximum Gasteiger partial charge on any atom is 0.210 e. The molecule has 1 amide bonds. The Morgan fingerprint density at radius 3 is 3.11 bits per heavy atom. The van der Waals surface area contributed by atoms with E-state index in [1.807, 2.05) is 6.92 Å². The Bertz CT molecular complexity index is 626. The zero-order valence-electron chi connectivity index (χ0n) is 10.3. The maximum absolute atomic E-state index is 13.2. The van der Waals surface area contributed by atoms with Crippen LogP contribution in [0, 0.1) is 5.82 Å². The van der Waals surface area contributed by atoms with E-state index in [2.05, 4.69) is 15.3 Å². The molecule has 7 heteroatoms. The van der Waals surface area contributed by atoms with E-state index in [9.17, 15) is 9.18 Å². The number of pyridine rings is 1. The maximum atomic E-state index is 13.2. The minimum Gasteiger partial charge on any atom is -0.336 e. The molecule has 0 fully saturated rings. The first kappa shape index (κ1) is 11.8. The molecule has 3 heterocycles. The molecule has 0 saturated heterocycles. The molecule has 6 nitrogen and oxygen atoms in total. The van der Waals surface area contributed by atoms with Gasteiger partial charge in [-0.05, 0) is 13.0 Å². The lowest BCUT2D eigenvalue weighted by Crippen LogP contribution is -2.33. The summed E-state index contributed by atoms with van der Waals surface area (Å²) >= 11 is 0. The predicted octanol–water partition coefficient (Wildman–Crippen LogP) is 0.877. The second-order valence-corrected chi connectivity index (χ2v) is 4.43. The molecule has 19 heavy (non-hydrogen) atoms. The predicted molar refractivity (Wildman–Crippen MR) is 64.0 cm³/mol. The summed E-state index contributed by atoms with van der Waals surface area (Å²) in [6.45, 7) is 2.49. The Labute approximate surface area is 108 Å². The van der Waals surface area contributed by atoms with Crippen molar-refractivity contribution >= 4 is 6.41 Å². The average molecular weight is 261 g/mol. The number of hydrogen-bond donors (Lipinski definition) is 0. The van der Waals surface area contributed by atoms with Crippen LogP contribution in [0.3, 0.4) is 0 Å². The van der Waals surface area contributed by atoms with Crippen molar-refractivity contribution in [2.24, 2.45) is 0 Å². The second-order valence-electron chi connectivity index (χ2n) is 4.43. The van der Waals surface area contributed by atoms with Crippen LogP contribution in [-0.4, -0.2) is 37.8 Å². The topological polar surface area (TPSA) is 63.9 Å². The lowest BCUT2D eigenvalue weighted by Gasteiger charge is -2.28. The molecule has 1 atom stereocenters. The van der Waals surface area contributed by atoms with E-state index in [4.69, 9.17) is 0 Å². The number of rotatable bonds is 2. The number of halogens is 1. The Hall–Kier alpha value is -2.31. The van der Waals surface area contributed by atoms with Crippen molar-refractivity contribution in [2.75, 3.05) is 6.54 Å². The third-order valence-corrected chi connectivity index (χ3v) is 3.35. The van der Waals surface area contributed by atoms with Gasteiger partial charge >= 0.3 is 0 Å². The van der Waals surface area contributed by atoms with E-state index in [1.165, 1.54) is 23.0 Å². The van der Waals surface area contributed by atoms with Crippen molar-refractivity contribution < 1.29 is 9.18 Å². The Kier molecular flexibility index (Phi) is 2.73. The Balaban J connectivity index is 2.05. The van der Waals surface area contributed by atoms with Crippen LogP contribution < -0.4 is 0 Å². The molecule has 3 rings (SSSR count). The summed E-state index contributed by atoms with van der Waals surface area (Å²) in [7, 11) is 0. The van der Waals surface area contributed by atoms with E-state index in [-0.39, 0.29) is 11.9 Å². The Morgan fingerprint density at radius 2 is 2.37 bits per heavy atom. The molecule has 2 aromatic heterocycles. The smallest absolute Gasteiger partial charge is 0.210 e. The van der Waals surface area contributed by atoms with Crippen LogP contribution in [0.1, 0.15) is 24.4 Å². The molecular weight excluding hydrogens is 249 g/mol. The van der Waals surface area contributed by atoms with Gasteiger partial charge in [-0.1, -0.05) is 5.21 Å². The zero-order chi connectivity index (χ0) is 13.4. The molecule has 1 aliphatic heterocycles. The summed E-state index contributed by atoms with van der Waals surface area (Å²) in [6.07, 6.45) is 2.83. The third-order valence-electron chi connectivity index (χ3n) is 3.35. The molecule has 0 spiro atoms. The standard InChI is InChI=1S/C12H12FN5O/c1-8-12-10(3-5-17(8)7-19)18(16-15-12)11-6-9(13)2-4-14-11/h2,4,6-8H,3,5H2,1H3. The molecule has 0 aliphatic carbocycles. The van der Waals surface area contributed by atoms with Gasteiger partial charge in [0.05, 0.1) is 11.7 Å². The minimum absolute atomic E-state index is 0.122. The lowest BCUT2D eigenvalue weighted by molar-refractivity contribution is -0.120. The van der Waals surface area contributed by atoms with Crippen LogP contribution in [0.15, 0.2) is 18.3 Å². The molecule has 2 aromatic rings. The zero-order valence-corrected chi connectivity index (χ0v) is 10.3. The number of carbonyl (C=O) groups is 1. The third kappa shape index (κ3) is 1.87. The van der Waals surface area contributed by atoms with Crippen LogP contribution >= 0.6 is 0 Å². The number of carbonyl (C=O) groups excluding carboxylic acids is 1. The fourth-order valence-electron chi connectivity index (χ4n) is 2.29. The Morgan fingerprint density at radius 1 is 1.53 bits per heavy atom. The van der Waals surface area contributed by atoms with Crippen LogP contribution in [0.5, 0.6) is 0 Å². The molecule has 0 aromatic carbocycles. The number of hydrogen-bond acceptors (Lipinski definition) is 4. The fraction of sp³-hybridized carbons (Fsp3) is 0.333. The summed E-state index contributed by atoms with van der Waals surface area (Å²) in [5.74, 6) is 0.0353. The second kappa shape index (κ2) is 4.42. The quantitative estimate of drug-likeness (QED) is 0.753. The highest BCUT2D eigenvalue weighted by atomic mass is 19.1. The van der Waals surface area contributed by atoms with Crippen molar-refractivity contribution in [1.82, 2.24) is 24.9 Å². The van der Waals surface area contributed by atoms with Gasteiger partial charge in [0.1, 0.15) is 11.5 Å². The molecule has 1 unspecified atom stereocenters. The van der Waals surface area contributed by atoms with E-state index >= 15 is 0 Å². The minimum atomic E-state index is -0.368. The van der Waals surface area contributed by atoms with Crippen molar-refractivity contribution in [1.29, 1.82) is 0 Å². The first-order valence-electron chi connectivity index (χ1n) is 5.98. The van der Waals surface area contributed by atoms with Crippen molar-refractivity contribution in [3.05, 3.63) is 35.5 Å². The van der Waals surface area contributed by atoms with Crippen molar-refractivity contribution in [2.45, 2.75) is 19.4 Å². The highest BCUT2D eigenvalue weighted by molar-refractivity contribution is 5.49. The molecule has 98 valence electrons. The van der Waals surface area contributed by atoms with E-state index in [1.54, 1.807) is 4.90 Å². The molecular formula is C12H12FN5O. The van der Waals surface area contributed by atoms with Crippen LogP contribution in [0.25, 0.3) is 5.82 Å². The average Bonchev–Trinajstić information content (AvgIpc) is 2.84. The van der Waals surface area contributed by atoms with Gasteiger partial charge in [0.15, 0.2) is 5.82 Å². The first-order chi connectivity index (χ1) is 9.20. The SMILES string of the molecule is CC1c2nnn(-c3cc(F)ccn3)c2CCN1C=O. The van der Waals surface area contributed by atoms with Gasteiger partial charge in [0, 0.05) is 25.2 Å². The van der Waals surface area contributed by atoms with Crippen LogP contribution in [-0.2, 0) is 11.2 Å². The molecule has 0 bridgehead atoms. The largest absolute Gasteiger partial charge is 0.336 e. The normalized spacial score (nSPS) is 18.2. The molecule has 0 radical (unpaired) electrons. The summed E-state index contributed by atoms with van der Waals surface area (Å²) < 4.78 is 14.8. The fourth-order valence-corrected chi connectivity index (χ4v) is 2.29. The van der Waals surface area contributed by atoms with Crippen LogP contribution in [0.2, 0.25) is 0 Å². The highest BCUT2D eigenvalue weighted by Gasteiger charge is 2.28. The highest BCUT2D eigenvalue weighted by Crippen LogP contribution is 2.27. The van der Waals surface area contributed by atoms with Gasteiger partial charge in [0.25, 0.3) is 0 Å². The van der Waals surface area contributed by atoms with E-state index in [0.717, 1.165) is 17.8 Å². The van der Waals surface area contributed by atoms with Gasteiger partial charge in [-0.2, -0.15) is 4.68 Å². The van der Waals surface area contributed by atoms with E-state index in [0.29, 0.717) is 18.8 Å². The summed E-state index contributed by atoms with van der Waals surface area (Å²) in [5.41, 5.74) is 1.62. The summed E-state index contributed by atoms with van der Waals surface area (Å²) in [4.78, 5) is 16.7. The van der Waals surface area contributed by atoms with Gasteiger partial charge in [0.2, 0.25) is 6.41 Å². The van der Waals surface area contributed by atoms with Crippen LogP contribution in [0.4, 0.5) is 4.39 Å². The first-order valence-corrected chi connectivity index (χ1v) is 5.98. The molecule has 1 aliphatic rings. The summed E-state index contributed by atoms with van der Waals surface area (Å²) in [5, 5.41) is 8.12. The molecule has 0 saturated carbocycles. The number of nitrogens with zero attached hydrogens (tertiary/aromatic N) is 5. The number of amides is 1. The van der Waals surface area contributed by atoms with E-state index < -0.39 is 0 Å². The number of aromatic nitrogens is 4. The van der Waals surface area contributed by atoms with Gasteiger partial charge < -0.3 is 4.90 Å². The number of fused-ring (bicyclic) bond motifs is 1. The molecule has 0 N–H and O–H groups in total. The summed E-state index contributed by atoms with van der Waals surface area (Å²) in [6, 6.07) is 2.47. The lowest BCUT2D eigenvalue weighted by atomic mass is 10.1. The van der Waals surface area contributed by atoms with Gasteiger partial charge in [-0.25, -0.2) is 9.37 Å². The van der Waals surface area contributed by atoms with Gasteiger partial charge in [-0.15, -0.1) is 5.10 Å².